The van der Waals surface area contributed by atoms with E-state index >= 15 is 0 Å². The molecule has 4 fully saturated rings. The molecule has 1 aromatic heterocycles. The molecule has 0 aliphatic heterocycles. The Morgan fingerprint density at radius 3 is 2.53 bits per heavy atom. The van der Waals surface area contributed by atoms with Crippen molar-refractivity contribution in [1.29, 1.82) is 0 Å². The number of carbonyl (C=O) groups excluding carboxylic acids is 2. The molecule has 5 nitrogen and oxygen atoms in total. The van der Waals surface area contributed by atoms with Gasteiger partial charge in [0.05, 0.1) is 11.0 Å². The fraction of sp³-hybridized carbons (Fsp3) is 0.500. The number of benzene rings is 1. The number of anilines is 1. The maximum atomic E-state index is 13.5. The first-order valence-electron chi connectivity index (χ1n) is 11.0. The molecule has 2 unspecified atom stereocenters. The average molecular weight is 425 g/mol. The summed E-state index contributed by atoms with van der Waals surface area (Å²) >= 11 is 1.47. The van der Waals surface area contributed by atoms with Gasteiger partial charge in [-0.15, -0.1) is 11.3 Å². The lowest BCUT2D eigenvalue weighted by Gasteiger charge is -2.31. The lowest BCUT2D eigenvalue weighted by Crippen LogP contribution is -2.37. The van der Waals surface area contributed by atoms with Crippen molar-refractivity contribution in [3.8, 4) is 10.4 Å². The Morgan fingerprint density at radius 1 is 1.10 bits per heavy atom. The van der Waals surface area contributed by atoms with Crippen molar-refractivity contribution in [1.82, 2.24) is 5.32 Å². The molecule has 0 spiro atoms. The standard InChI is InChI=1S/C24H28N2O3S/c27-8-4-7-25-21(28)19-12-20(17-5-2-1-3-6-17)30-22(19)26-23(29)24-13-15-9-16(14-24)11-18(24)10-15/h1-3,5-6,12,15-16,18,27H,4,7-11,13-14H2,(H,25,28)(H,26,29). The Labute approximate surface area is 180 Å². The van der Waals surface area contributed by atoms with Gasteiger partial charge in [-0.05, 0) is 67.9 Å². The van der Waals surface area contributed by atoms with Crippen LogP contribution in [0.5, 0.6) is 0 Å². The largest absolute Gasteiger partial charge is 0.396 e. The Balaban J connectivity index is 1.42. The second-order valence-electron chi connectivity index (χ2n) is 9.21. The van der Waals surface area contributed by atoms with Crippen LogP contribution in [0.3, 0.4) is 0 Å². The van der Waals surface area contributed by atoms with Gasteiger partial charge in [-0.3, -0.25) is 9.59 Å². The van der Waals surface area contributed by atoms with E-state index in [1.807, 2.05) is 36.4 Å². The fourth-order valence-electron chi connectivity index (χ4n) is 6.17. The molecule has 0 radical (unpaired) electrons. The molecule has 30 heavy (non-hydrogen) atoms. The van der Waals surface area contributed by atoms with Crippen LogP contribution >= 0.6 is 11.3 Å². The lowest BCUT2D eigenvalue weighted by molar-refractivity contribution is -0.127. The third kappa shape index (κ3) is 3.36. The first-order valence-corrected chi connectivity index (χ1v) is 11.8. The summed E-state index contributed by atoms with van der Waals surface area (Å²) in [5.74, 6) is 1.84. The highest BCUT2D eigenvalue weighted by Crippen LogP contribution is 2.65. The second kappa shape index (κ2) is 7.82. The lowest BCUT2D eigenvalue weighted by atomic mass is 9.75. The first-order chi connectivity index (χ1) is 14.6. The first kappa shape index (κ1) is 19.8. The minimum Gasteiger partial charge on any atom is -0.396 e. The van der Waals surface area contributed by atoms with E-state index in [-0.39, 0.29) is 23.8 Å². The van der Waals surface area contributed by atoms with Crippen molar-refractivity contribution >= 4 is 28.2 Å². The number of rotatable bonds is 7. The molecule has 2 aromatic rings. The molecule has 2 atom stereocenters. The number of aliphatic hydroxyl groups excluding tert-OH is 1. The van der Waals surface area contributed by atoms with Gasteiger partial charge in [-0.25, -0.2) is 0 Å². The number of hydrogen-bond acceptors (Lipinski definition) is 4. The van der Waals surface area contributed by atoms with Gasteiger partial charge in [0.25, 0.3) is 5.91 Å². The van der Waals surface area contributed by atoms with Gasteiger partial charge >= 0.3 is 0 Å². The maximum absolute atomic E-state index is 13.5. The average Bonchev–Trinajstić information content (AvgIpc) is 3.36. The van der Waals surface area contributed by atoms with Crippen LogP contribution in [0.4, 0.5) is 5.00 Å². The fourth-order valence-corrected chi connectivity index (χ4v) is 7.22. The molecule has 1 aromatic carbocycles. The van der Waals surface area contributed by atoms with Crippen LogP contribution in [0.15, 0.2) is 36.4 Å². The van der Waals surface area contributed by atoms with E-state index in [9.17, 15) is 9.59 Å². The molecule has 4 saturated carbocycles. The molecular weight excluding hydrogens is 396 g/mol. The normalized spacial score (nSPS) is 28.6. The van der Waals surface area contributed by atoms with Crippen molar-refractivity contribution in [2.45, 2.75) is 38.5 Å². The predicted octanol–water partition coefficient (Wildman–Crippen LogP) is 4.29. The van der Waals surface area contributed by atoms with E-state index in [4.69, 9.17) is 5.11 Å². The van der Waals surface area contributed by atoms with Crippen molar-refractivity contribution in [2.75, 3.05) is 18.5 Å². The van der Waals surface area contributed by atoms with Gasteiger partial charge in [-0.2, -0.15) is 0 Å². The van der Waals surface area contributed by atoms with Gasteiger partial charge in [0.15, 0.2) is 0 Å². The van der Waals surface area contributed by atoms with E-state index in [0.717, 1.165) is 23.3 Å². The number of carbonyl (C=O) groups is 2. The molecule has 1 heterocycles. The predicted molar refractivity (Wildman–Crippen MR) is 118 cm³/mol. The number of amides is 2. The van der Waals surface area contributed by atoms with Crippen LogP contribution in [0.2, 0.25) is 0 Å². The van der Waals surface area contributed by atoms with Gasteiger partial charge in [-0.1, -0.05) is 30.3 Å². The molecule has 0 saturated heterocycles. The molecule has 4 aliphatic rings. The van der Waals surface area contributed by atoms with Crippen LogP contribution < -0.4 is 10.6 Å². The molecule has 6 rings (SSSR count). The molecule has 2 amide bonds. The zero-order valence-corrected chi connectivity index (χ0v) is 17.8. The van der Waals surface area contributed by atoms with Gasteiger partial charge in [0.2, 0.25) is 5.91 Å². The monoisotopic (exact) mass is 424 g/mol. The summed E-state index contributed by atoms with van der Waals surface area (Å²) in [6.07, 6.45) is 6.21. The summed E-state index contributed by atoms with van der Waals surface area (Å²) in [4.78, 5) is 27.3. The van der Waals surface area contributed by atoms with Crippen LogP contribution in [-0.4, -0.2) is 30.1 Å². The summed E-state index contributed by atoms with van der Waals surface area (Å²) in [7, 11) is 0. The van der Waals surface area contributed by atoms with Crippen LogP contribution in [0, 0.1) is 23.2 Å². The van der Waals surface area contributed by atoms with Crippen LogP contribution in [-0.2, 0) is 4.79 Å². The quantitative estimate of drug-likeness (QED) is 0.580. The Hall–Kier alpha value is -2.18. The van der Waals surface area contributed by atoms with E-state index in [2.05, 4.69) is 10.6 Å². The third-order valence-electron chi connectivity index (χ3n) is 7.32. The number of nitrogens with one attached hydrogen (secondary N) is 2. The summed E-state index contributed by atoms with van der Waals surface area (Å²) in [5.41, 5.74) is 1.32. The summed E-state index contributed by atoms with van der Waals surface area (Å²) in [6, 6.07) is 11.8. The highest BCUT2D eigenvalue weighted by atomic mass is 32.1. The molecule has 3 N–H and O–H groups in total. The Kier molecular flexibility index (Phi) is 5.15. The van der Waals surface area contributed by atoms with E-state index in [0.29, 0.717) is 41.3 Å². The minimum absolute atomic E-state index is 0.0367. The SMILES string of the molecule is O=C(NCCCO)c1cc(-c2ccccc2)sc1NC(=O)C12CC3CC(CC1C3)C2. The summed E-state index contributed by atoms with van der Waals surface area (Å²) in [5, 5.41) is 15.7. The van der Waals surface area contributed by atoms with Gasteiger partial charge in [0, 0.05) is 18.0 Å². The molecule has 158 valence electrons. The Morgan fingerprint density at radius 2 is 1.83 bits per heavy atom. The van der Waals surface area contributed by atoms with Crippen LogP contribution in [0.25, 0.3) is 10.4 Å². The second-order valence-corrected chi connectivity index (χ2v) is 10.3. The Bertz CT molecular complexity index is 941. The zero-order chi connectivity index (χ0) is 20.7. The molecular formula is C24H28N2O3S. The van der Waals surface area contributed by atoms with Gasteiger partial charge in [0.1, 0.15) is 5.00 Å². The van der Waals surface area contributed by atoms with E-state index in [1.54, 1.807) is 0 Å². The molecule has 6 heteroatoms. The van der Waals surface area contributed by atoms with Crippen LogP contribution in [0.1, 0.15) is 48.9 Å². The third-order valence-corrected chi connectivity index (χ3v) is 8.42. The van der Waals surface area contributed by atoms with Gasteiger partial charge < -0.3 is 15.7 Å². The van der Waals surface area contributed by atoms with E-state index in [1.165, 1.54) is 30.6 Å². The number of thiophene rings is 1. The van der Waals surface area contributed by atoms with Crippen molar-refractivity contribution in [2.24, 2.45) is 23.2 Å². The number of hydrogen-bond donors (Lipinski definition) is 3. The molecule has 4 bridgehead atoms. The zero-order valence-electron chi connectivity index (χ0n) is 17.0. The summed E-state index contributed by atoms with van der Waals surface area (Å²) in [6.45, 7) is 0.448. The maximum Gasteiger partial charge on any atom is 0.254 e. The summed E-state index contributed by atoms with van der Waals surface area (Å²) < 4.78 is 0. The van der Waals surface area contributed by atoms with Crippen molar-refractivity contribution in [3.63, 3.8) is 0 Å². The topological polar surface area (TPSA) is 78.4 Å². The van der Waals surface area contributed by atoms with Crippen molar-refractivity contribution < 1.29 is 14.7 Å². The highest BCUT2D eigenvalue weighted by molar-refractivity contribution is 7.20. The minimum atomic E-state index is -0.227. The van der Waals surface area contributed by atoms with E-state index < -0.39 is 0 Å². The van der Waals surface area contributed by atoms with Crippen molar-refractivity contribution in [3.05, 3.63) is 42.0 Å². The number of aliphatic hydroxyl groups is 1. The smallest absolute Gasteiger partial charge is 0.254 e. The molecule has 4 aliphatic carbocycles. The highest BCUT2D eigenvalue weighted by Gasteiger charge is 2.61.